The molecule has 1 aliphatic rings. The predicted molar refractivity (Wildman–Crippen MR) is 83.7 cm³/mol. The summed E-state index contributed by atoms with van der Waals surface area (Å²) in [7, 11) is 4.02. The number of amides is 3. The van der Waals surface area contributed by atoms with E-state index in [-0.39, 0.29) is 50.4 Å². The lowest BCUT2D eigenvalue weighted by molar-refractivity contribution is -0.197. The molecule has 0 radical (unpaired) electrons. The standard InChI is InChI=1S/C9H11NO6.C6H11NO3/c1-15-8(13)4-5-9(14)16-10-6(11)2-3-7(10)12;1-7-5(8)3-4-6(9)10-2/h2-5H2,1H3;3-4H2,1-2H3,(H,7,8). The molecule has 0 bridgehead atoms. The Morgan fingerprint density at radius 3 is 1.69 bits per heavy atom. The molecule has 0 aromatic carbocycles. The molecule has 3 amide bonds. The molecular weight excluding hydrogens is 352 g/mol. The number of carbonyl (C=O) groups excluding carboxylic acids is 6. The van der Waals surface area contributed by atoms with Gasteiger partial charge in [0.15, 0.2) is 0 Å². The van der Waals surface area contributed by atoms with Gasteiger partial charge in [-0.1, -0.05) is 0 Å². The van der Waals surface area contributed by atoms with Crippen LogP contribution in [0.25, 0.3) is 0 Å². The van der Waals surface area contributed by atoms with Gasteiger partial charge in [0, 0.05) is 26.3 Å². The predicted octanol–water partition coefficient (Wildman–Crippen LogP) is -0.768. The number of ether oxygens (including phenoxy) is 2. The number of hydrogen-bond donors (Lipinski definition) is 1. The Hall–Kier alpha value is -2.98. The van der Waals surface area contributed by atoms with Crippen molar-refractivity contribution in [3.8, 4) is 0 Å². The van der Waals surface area contributed by atoms with Gasteiger partial charge in [0.1, 0.15) is 0 Å². The number of methoxy groups -OCH3 is 2. The zero-order valence-corrected chi connectivity index (χ0v) is 14.9. The van der Waals surface area contributed by atoms with Gasteiger partial charge in [-0.05, 0) is 0 Å². The summed E-state index contributed by atoms with van der Waals surface area (Å²) in [4.78, 5) is 69.4. The molecule has 0 atom stereocenters. The van der Waals surface area contributed by atoms with Gasteiger partial charge in [0.25, 0.3) is 11.8 Å². The summed E-state index contributed by atoms with van der Waals surface area (Å²) in [5, 5.41) is 2.84. The molecule has 0 aliphatic carbocycles. The highest BCUT2D eigenvalue weighted by molar-refractivity contribution is 6.01. The van der Waals surface area contributed by atoms with Crippen molar-refractivity contribution in [2.75, 3.05) is 21.3 Å². The lowest BCUT2D eigenvalue weighted by Gasteiger charge is -2.11. The van der Waals surface area contributed by atoms with Gasteiger partial charge >= 0.3 is 17.9 Å². The molecular formula is C15H22N2O9. The van der Waals surface area contributed by atoms with Crippen LogP contribution in [0.5, 0.6) is 0 Å². The molecule has 1 heterocycles. The first-order valence-electron chi connectivity index (χ1n) is 7.65. The van der Waals surface area contributed by atoms with E-state index in [4.69, 9.17) is 0 Å². The first kappa shape index (κ1) is 23.0. The van der Waals surface area contributed by atoms with Crippen LogP contribution in [0.2, 0.25) is 0 Å². The second kappa shape index (κ2) is 12.4. The number of nitrogens with zero attached hydrogens (tertiary/aromatic N) is 1. The van der Waals surface area contributed by atoms with Crippen molar-refractivity contribution in [2.45, 2.75) is 38.5 Å². The fourth-order valence-electron chi connectivity index (χ4n) is 1.55. The highest BCUT2D eigenvalue weighted by atomic mass is 16.7. The molecule has 0 unspecified atom stereocenters. The van der Waals surface area contributed by atoms with E-state index in [1.54, 1.807) is 0 Å². The first-order valence-corrected chi connectivity index (χ1v) is 7.65. The van der Waals surface area contributed by atoms with E-state index in [1.807, 2.05) is 0 Å². The molecule has 1 N–H and O–H groups in total. The Balaban J connectivity index is 0.000000541. The van der Waals surface area contributed by atoms with Crippen molar-refractivity contribution in [3.05, 3.63) is 0 Å². The SMILES string of the molecule is CNC(=O)CCC(=O)OC.COC(=O)CCC(=O)ON1C(=O)CCC1=O. The van der Waals surface area contributed by atoms with E-state index in [0.717, 1.165) is 0 Å². The van der Waals surface area contributed by atoms with Crippen LogP contribution in [0.3, 0.4) is 0 Å². The molecule has 1 fully saturated rings. The summed E-state index contributed by atoms with van der Waals surface area (Å²) < 4.78 is 8.64. The van der Waals surface area contributed by atoms with Gasteiger partial charge in [-0.3, -0.25) is 24.0 Å². The van der Waals surface area contributed by atoms with E-state index in [0.29, 0.717) is 5.06 Å². The maximum Gasteiger partial charge on any atom is 0.333 e. The third-order valence-electron chi connectivity index (χ3n) is 3.02. The van der Waals surface area contributed by atoms with Crippen LogP contribution in [0.1, 0.15) is 38.5 Å². The highest BCUT2D eigenvalue weighted by Crippen LogP contribution is 2.12. The topological polar surface area (TPSA) is 145 Å². The van der Waals surface area contributed by atoms with Crippen LogP contribution in [0, 0.1) is 0 Å². The minimum atomic E-state index is -0.811. The van der Waals surface area contributed by atoms with E-state index >= 15 is 0 Å². The Bertz CT molecular complexity index is 527. The monoisotopic (exact) mass is 374 g/mol. The number of nitrogens with one attached hydrogen (secondary N) is 1. The van der Waals surface area contributed by atoms with Crippen LogP contribution in [0.4, 0.5) is 0 Å². The number of hydroxylamine groups is 2. The van der Waals surface area contributed by atoms with Crippen LogP contribution < -0.4 is 5.32 Å². The molecule has 0 saturated carbocycles. The molecule has 26 heavy (non-hydrogen) atoms. The van der Waals surface area contributed by atoms with Crippen molar-refractivity contribution in [2.24, 2.45) is 0 Å². The summed E-state index contributed by atoms with van der Waals surface area (Å²) in [5.41, 5.74) is 0. The molecule has 0 aromatic heterocycles. The van der Waals surface area contributed by atoms with E-state index in [1.165, 1.54) is 21.3 Å². The van der Waals surface area contributed by atoms with Crippen molar-refractivity contribution < 1.29 is 43.1 Å². The molecule has 1 saturated heterocycles. The average molecular weight is 374 g/mol. The smallest absolute Gasteiger partial charge is 0.333 e. The van der Waals surface area contributed by atoms with Crippen molar-refractivity contribution >= 4 is 35.6 Å². The third-order valence-corrected chi connectivity index (χ3v) is 3.02. The van der Waals surface area contributed by atoms with Gasteiger partial charge in [-0.25, -0.2) is 4.79 Å². The zero-order valence-electron chi connectivity index (χ0n) is 14.9. The molecule has 1 aliphatic heterocycles. The van der Waals surface area contributed by atoms with Crippen molar-refractivity contribution in [3.63, 3.8) is 0 Å². The van der Waals surface area contributed by atoms with Crippen LogP contribution in [-0.4, -0.2) is 62.0 Å². The number of hydrogen-bond acceptors (Lipinski definition) is 9. The minimum Gasteiger partial charge on any atom is -0.469 e. The first-order chi connectivity index (χ1) is 12.2. The van der Waals surface area contributed by atoms with E-state index < -0.39 is 23.8 Å². The molecule has 11 nitrogen and oxygen atoms in total. The van der Waals surface area contributed by atoms with Gasteiger partial charge in [0.2, 0.25) is 5.91 Å². The maximum atomic E-state index is 11.1. The quantitative estimate of drug-likeness (QED) is 0.448. The number of rotatable bonds is 7. The largest absolute Gasteiger partial charge is 0.469 e. The zero-order chi connectivity index (χ0) is 20.1. The van der Waals surface area contributed by atoms with Crippen LogP contribution in [-0.2, 0) is 43.1 Å². The average Bonchev–Trinajstić information content (AvgIpc) is 2.96. The van der Waals surface area contributed by atoms with Crippen molar-refractivity contribution in [1.29, 1.82) is 0 Å². The summed E-state index contributed by atoms with van der Waals surface area (Å²) in [6.07, 6.45) is 0.0564. The summed E-state index contributed by atoms with van der Waals surface area (Å²) in [6.45, 7) is 0. The second-order valence-corrected chi connectivity index (χ2v) is 4.87. The van der Waals surface area contributed by atoms with Crippen LogP contribution >= 0.6 is 0 Å². The van der Waals surface area contributed by atoms with Crippen molar-refractivity contribution in [1.82, 2.24) is 10.4 Å². The van der Waals surface area contributed by atoms with Gasteiger partial charge in [-0.15, -0.1) is 5.06 Å². The maximum absolute atomic E-state index is 11.1. The fraction of sp³-hybridized carbons (Fsp3) is 0.600. The molecule has 146 valence electrons. The second-order valence-electron chi connectivity index (χ2n) is 4.87. The number of imide groups is 1. The Labute approximate surface area is 149 Å². The van der Waals surface area contributed by atoms with Gasteiger partial charge in [0.05, 0.1) is 33.5 Å². The fourth-order valence-corrected chi connectivity index (χ4v) is 1.55. The molecule has 1 rings (SSSR count). The Morgan fingerprint density at radius 2 is 1.27 bits per heavy atom. The van der Waals surface area contributed by atoms with Crippen LogP contribution in [0.15, 0.2) is 0 Å². The lowest BCUT2D eigenvalue weighted by atomic mass is 10.3. The lowest BCUT2D eigenvalue weighted by Crippen LogP contribution is -2.32. The van der Waals surface area contributed by atoms with Gasteiger partial charge in [-0.2, -0.15) is 0 Å². The third kappa shape index (κ3) is 9.35. The molecule has 0 spiro atoms. The summed E-state index contributed by atoms with van der Waals surface area (Å²) in [6, 6.07) is 0. The summed E-state index contributed by atoms with van der Waals surface area (Å²) >= 11 is 0. The minimum absolute atomic E-state index is 0.0448. The molecule has 0 aromatic rings. The van der Waals surface area contributed by atoms with E-state index in [9.17, 15) is 28.8 Å². The Kier molecular flexibility index (Phi) is 11.0. The molecule has 11 heteroatoms. The van der Waals surface area contributed by atoms with Gasteiger partial charge < -0.3 is 19.6 Å². The Morgan fingerprint density at radius 1 is 0.846 bits per heavy atom. The van der Waals surface area contributed by atoms with E-state index in [2.05, 4.69) is 19.6 Å². The number of esters is 2. The normalized spacial score (nSPS) is 12.7. The summed E-state index contributed by atoms with van der Waals surface area (Å²) in [5.74, 6) is -2.97. The number of carbonyl (C=O) groups is 6. The highest BCUT2D eigenvalue weighted by Gasteiger charge is 2.32.